The molecule has 1 unspecified atom stereocenters. The Balaban J connectivity index is 4.36. The SMILES string of the molecule is CC/C=C\C/C=C\C/C=C\C/C=C\C/C=C\C/C=C\C/C=C\CCCCCCCCCC(=O)OCC(COC(=O)CCCCCCCCCCCCCCCCCC)OC(=O)CCCCCCCCC/C=C\C/C=C\CCCCC. The summed E-state index contributed by atoms with van der Waals surface area (Å²) in [6.07, 6.45) is 92.3. The fourth-order valence-corrected chi connectivity index (χ4v) is 9.45. The number of allylic oxidation sites excluding steroid dienone is 18. The van der Waals surface area contributed by atoms with Gasteiger partial charge in [-0.1, -0.05) is 304 Å². The van der Waals surface area contributed by atoms with Gasteiger partial charge in [-0.25, -0.2) is 0 Å². The van der Waals surface area contributed by atoms with Crippen LogP contribution in [0.1, 0.15) is 323 Å². The van der Waals surface area contributed by atoms with Crippen LogP contribution in [-0.2, 0) is 28.6 Å². The zero-order valence-electron chi connectivity index (χ0n) is 52.6. The largest absolute Gasteiger partial charge is 0.462 e. The third-order valence-electron chi connectivity index (χ3n) is 14.5. The lowest BCUT2D eigenvalue weighted by molar-refractivity contribution is -0.167. The van der Waals surface area contributed by atoms with Crippen LogP contribution in [0.2, 0.25) is 0 Å². The molecule has 0 aromatic carbocycles. The number of unbranched alkanes of at least 4 members (excludes halogenated alkanes) is 32. The first-order valence-electron chi connectivity index (χ1n) is 33.9. The smallest absolute Gasteiger partial charge is 0.306 e. The van der Waals surface area contributed by atoms with E-state index in [1.807, 2.05) is 0 Å². The number of ether oxygens (including phenoxy) is 3. The van der Waals surface area contributed by atoms with Crippen LogP contribution in [0.15, 0.2) is 109 Å². The monoisotopic (exact) mass is 1110 g/mol. The van der Waals surface area contributed by atoms with Gasteiger partial charge in [-0.2, -0.15) is 0 Å². The summed E-state index contributed by atoms with van der Waals surface area (Å²) in [6, 6.07) is 0. The van der Waals surface area contributed by atoms with Crippen LogP contribution in [0, 0.1) is 0 Å². The predicted octanol–water partition coefficient (Wildman–Crippen LogP) is 23.4. The summed E-state index contributed by atoms with van der Waals surface area (Å²) >= 11 is 0. The lowest BCUT2D eigenvalue weighted by atomic mass is 10.0. The molecule has 1 atom stereocenters. The first-order chi connectivity index (χ1) is 39.5. The van der Waals surface area contributed by atoms with E-state index < -0.39 is 6.10 Å². The van der Waals surface area contributed by atoms with Crippen molar-refractivity contribution >= 4 is 17.9 Å². The molecular weight excluding hydrogens is 985 g/mol. The Hall–Kier alpha value is -3.93. The van der Waals surface area contributed by atoms with Gasteiger partial charge in [0.1, 0.15) is 13.2 Å². The molecule has 6 nitrogen and oxygen atoms in total. The molecule has 458 valence electrons. The Bertz CT molecular complexity index is 1610. The van der Waals surface area contributed by atoms with Crippen LogP contribution in [0.5, 0.6) is 0 Å². The van der Waals surface area contributed by atoms with Crippen molar-refractivity contribution in [2.45, 2.75) is 329 Å². The quantitative estimate of drug-likeness (QED) is 0.0261. The fraction of sp³-hybridized carbons (Fsp3) is 0.716. The summed E-state index contributed by atoms with van der Waals surface area (Å²) in [5.41, 5.74) is 0. The third-order valence-corrected chi connectivity index (χ3v) is 14.5. The van der Waals surface area contributed by atoms with Gasteiger partial charge in [0.15, 0.2) is 6.10 Å². The van der Waals surface area contributed by atoms with Crippen LogP contribution in [0.4, 0.5) is 0 Å². The van der Waals surface area contributed by atoms with Crippen molar-refractivity contribution in [3.05, 3.63) is 109 Å². The average molecular weight is 1110 g/mol. The van der Waals surface area contributed by atoms with Gasteiger partial charge in [0.05, 0.1) is 0 Å². The molecule has 0 fully saturated rings. The van der Waals surface area contributed by atoms with Gasteiger partial charge < -0.3 is 14.2 Å². The number of rotatable bonds is 61. The molecule has 80 heavy (non-hydrogen) atoms. The van der Waals surface area contributed by atoms with Crippen molar-refractivity contribution in [2.24, 2.45) is 0 Å². The van der Waals surface area contributed by atoms with Crippen LogP contribution in [-0.4, -0.2) is 37.2 Å². The van der Waals surface area contributed by atoms with Crippen molar-refractivity contribution < 1.29 is 28.6 Å². The van der Waals surface area contributed by atoms with Crippen LogP contribution in [0.3, 0.4) is 0 Å². The van der Waals surface area contributed by atoms with Crippen molar-refractivity contribution in [1.29, 1.82) is 0 Å². The van der Waals surface area contributed by atoms with Gasteiger partial charge in [-0.3, -0.25) is 14.4 Å². The summed E-state index contributed by atoms with van der Waals surface area (Å²) < 4.78 is 17.0. The molecule has 0 aliphatic rings. The van der Waals surface area contributed by atoms with Crippen LogP contribution >= 0.6 is 0 Å². The van der Waals surface area contributed by atoms with Crippen molar-refractivity contribution in [2.75, 3.05) is 13.2 Å². The molecule has 0 aliphatic heterocycles. The molecule has 0 heterocycles. The van der Waals surface area contributed by atoms with Gasteiger partial charge in [0.25, 0.3) is 0 Å². The zero-order valence-corrected chi connectivity index (χ0v) is 52.6. The van der Waals surface area contributed by atoms with E-state index in [2.05, 4.69) is 130 Å². The standard InChI is InChI=1S/C74H126O6/c1-4-7-10-13-16-19-22-25-28-31-32-33-34-35-36-37-38-39-40-41-42-44-46-49-52-55-58-61-64-67-73(76)79-70-71(69-78-72(75)66-63-60-57-54-51-48-45-30-27-24-21-18-15-12-9-6-3)80-74(77)68-65-62-59-56-53-50-47-43-29-26-23-20-17-14-11-8-5-2/h7,10,16-17,19-20,25-26,28-29,32-33,35-36,38-39,41-42,71H,4-6,8-9,11-15,18,21-24,27,30-31,34,37,40,43-70H2,1-3H3/b10-7-,19-16-,20-17-,28-25-,29-26-,33-32-,36-35-,39-38-,42-41-. The maximum Gasteiger partial charge on any atom is 0.306 e. The van der Waals surface area contributed by atoms with Crippen molar-refractivity contribution in [3.63, 3.8) is 0 Å². The van der Waals surface area contributed by atoms with Crippen molar-refractivity contribution in [1.82, 2.24) is 0 Å². The maximum atomic E-state index is 12.9. The summed E-state index contributed by atoms with van der Waals surface area (Å²) in [4.78, 5) is 38.4. The highest BCUT2D eigenvalue weighted by Gasteiger charge is 2.19. The van der Waals surface area contributed by atoms with Gasteiger partial charge in [0, 0.05) is 19.3 Å². The molecule has 0 aliphatic carbocycles. The average Bonchev–Trinajstić information content (AvgIpc) is 3.46. The topological polar surface area (TPSA) is 78.9 Å². The predicted molar refractivity (Wildman–Crippen MR) is 348 cm³/mol. The van der Waals surface area contributed by atoms with Gasteiger partial charge in [-0.15, -0.1) is 0 Å². The molecule has 0 aromatic rings. The minimum atomic E-state index is -0.788. The Labute approximate surface area is 495 Å². The number of carbonyl (C=O) groups is 3. The summed E-state index contributed by atoms with van der Waals surface area (Å²) in [7, 11) is 0. The van der Waals surface area contributed by atoms with E-state index in [-0.39, 0.29) is 31.1 Å². The Morgan fingerprint density at radius 1 is 0.263 bits per heavy atom. The van der Waals surface area contributed by atoms with E-state index in [1.54, 1.807) is 0 Å². The van der Waals surface area contributed by atoms with E-state index >= 15 is 0 Å². The third kappa shape index (κ3) is 64.9. The van der Waals surface area contributed by atoms with E-state index in [0.29, 0.717) is 19.3 Å². The molecule has 0 bridgehead atoms. The summed E-state index contributed by atoms with van der Waals surface area (Å²) in [5.74, 6) is -0.889. The Morgan fingerprint density at radius 2 is 0.487 bits per heavy atom. The molecular formula is C74H126O6. The van der Waals surface area contributed by atoms with Gasteiger partial charge >= 0.3 is 17.9 Å². The highest BCUT2D eigenvalue weighted by Crippen LogP contribution is 2.17. The lowest BCUT2D eigenvalue weighted by Gasteiger charge is -2.18. The van der Waals surface area contributed by atoms with Crippen LogP contribution < -0.4 is 0 Å². The van der Waals surface area contributed by atoms with Crippen molar-refractivity contribution in [3.8, 4) is 0 Å². The van der Waals surface area contributed by atoms with E-state index in [0.717, 1.165) is 122 Å². The molecule has 0 amide bonds. The molecule has 0 aromatic heterocycles. The normalized spacial score (nSPS) is 12.8. The maximum absolute atomic E-state index is 12.9. The minimum absolute atomic E-state index is 0.0824. The Kier molecular flexibility index (Phi) is 64.3. The molecule has 0 radical (unpaired) electrons. The minimum Gasteiger partial charge on any atom is -0.462 e. The van der Waals surface area contributed by atoms with Gasteiger partial charge in [0.2, 0.25) is 0 Å². The van der Waals surface area contributed by atoms with Crippen LogP contribution in [0.25, 0.3) is 0 Å². The van der Waals surface area contributed by atoms with E-state index in [9.17, 15) is 14.4 Å². The molecule has 6 heteroatoms. The second kappa shape index (κ2) is 67.6. The highest BCUT2D eigenvalue weighted by atomic mass is 16.6. The number of hydrogen-bond acceptors (Lipinski definition) is 6. The number of carbonyl (C=O) groups excluding carboxylic acids is 3. The second-order valence-electron chi connectivity index (χ2n) is 22.4. The number of hydrogen-bond donors (Lipinski definition) is 0. The molecule has 0 N–H and O–H groups in total. The summed E-state index contributed by atoms with van der Waals surface area (Å²) in [6.45, 7) is 6.52. The summed E-state index contributed by atoms with van der Waals surface area (Å²) in [5, 5.41) is 0. The zero-order chi connectivity index (χ0) is 57.8. The van der Waals surface area contributed by atoms with E-state index in [1.165, 1.54) is 161 Å². The number of esters is 3. The highest BCUT2D eigenvalue weighted by molar-refractivity contribution is 5.71. The molecule has 0 saturated heterocycles. The van der Waals surface area contributed by atoms with E-state index in [4.69, 9.17) is 14.2 Å². The lowest BCUT2D eigenvalue weighted by Crippen LogP contribution is -2.30. The molecule has 0 spiro atoms. The Morgan fingerprint density at radius 3 is 0.787 bits per heavy atom. The first kappa shape index (κ1) is 76.1. The molecule has 0 rings (SSSR count). The first-order valence-corrected chi connectivity index (χ1v) is 33.9. The second-order valence-corrected chi connectivity index (χ2v) is 22.4. The molecule has 0 saturated carbocycles. The fourth-order valence-electron chi connectivity index (χ4n) is 9.45. The van der Waals surface area contributed by atoms with Gasteiger partial charge in [-0.05, 0) is 109 Å².